The number of nitrogens with zero attached hydrogens (tertiary/aromatic N) is 1. The van der Waals surface area contributed by atoms with Gasteiger partial charge in [0.15, 0.2) is 0 Å². The number of amides is 2. The first-order valence-electron chi connectivity index (χ1n) is 7.29. The zero-order chi connectivity index (χ0) is 15.5. The minimum Gasteiger partial charge on any atom is -0.497 e. The standard InChI is InChI=1S/C18H17NO3/c1-22-14-8-4-6-13(12-14)7-5-11-19-17(20)15-9-2-3-10-16(15)18(19)21/h2-4,6,8-10,12H,5,7,11H2,1H3. The molecule has 2 aromatic rings. The summed E-state index contributed by atoms with van der Waals surface area (Å²) in [6, 6.07) is 14.8. The molecular weight excluding hydrogens is 278 g/mol. The van der Waals surface area contributed by atoms with E-state index in [-0.39, 0.29) is 11.8 Å². The Hall–Kier alpha value is -2.62. The number of carbonyl (C=O) groups excluding carboxylic acids is 2. The maximum atomic E-state index is 12.2. The van der Waals surface area contributed by atoms with Crippen LogP contribution >= 0.6 is 0 Å². The third-order valence-corrected chi connectivity index (χ3v) is 3.86. The van der Waals surface area contributed by atoms with Crippen LogP contribution in [0.3, 0.4) is 0 Å². The fraction of sp³-hybridized carbons (Fsp3) is 0.222. The van der Waals surface area contributed by atoms with Gasteiger partial charge in [0.05, 0.1) is 18.2 Å². The van der Waals surface area contributed by atoms with Gasteiger partial charge in [-0.3, -0.25) is 14.5 Å². The van der Waals surface area contributed by atoms with E-state index < -0.39 is 0 Å². The molecule has 0 spiro atoms. The van der Waals surface area contributed by atoms with Crippen molar-refractivity contribution in [3.8, 4) is 5.75 Å². The van der Waals surface area contributed by atoms with E-state index in [9.17, 15) is 9.59 Å². The molecule has 4 nitrogen and oxygen atoms in total. The molecule has 0 radical (unpaired) electrons. The third kappa shape index (κ3) is 2.60. The summed E-state index contributed by atoms with van der Waals surface area (Å²) in [5.41, 5.74) is 2.15. The topological polar surface area (TPSA) is 46.6 Å². The molecule has 0 atom stereocenters. The highest BCUT2D eigenvalue weighted by Crippen LogP contribution is 2.23. The number of hydrogen-bond acceptors (Lipinski definition) is 3. The summed E-state index contributed by atoms with van der Waals surface area (Å²) in [5, 5.41) is 0. The van der Waals surface area contributed by atoms with Crippen molar-refractivity contribution in [1.29, 1.82) is 0 Å². The molecule has 0 saturated carbocycles. The van der Waals surface area contributed by atoms with Crippen molar-refractivity contribution in [3.05, 3.63) is 65.2 Å². The van der Waals surface area contributed by atoms with Crippen molar-refractivity contribution >= 4 is 11.8 Å². The van der Waals surface area contributed by atoms with Gasteiger partial charge >= 0.3 is 0 Å². The van der Waals surface area contributed by atoms with Crippen LogP contribution in [0.25, 0.3) is 0 Å². The molecule has 0 saturated heterocycles. The first-order chi connectivity index (χ1) is 10.7. The monoisotopic (exact) mass is 295 g/mol. The molecule has 0 unspecified atom stereocenters. The van der Waals surface area contributed by atoms with Crippen molar-refractivity contribution in [2.24, 2.45) is 0 Å². The molecule has 1 heterocycles. The van der Waals surface area contributed by atoms with Crippen LogP contribution < -0.4 is 4.74 Å². The number of ether oxygens (including phenoxy) is 1. The molecule has 112 valence electrons. The molecule has 1 aliphatic heterocycles. The first-order valence-corrected chi connectivity index (χ1v) is 7.29. The largest absolute Gasteiger partial charge is 0.497 e. The van der Waals surface area contributed by atoms with Gasteiger partial charge in [-0.15, -0.1) is 0 Å². The average molecular weight is 295 g/mol. The summed E-state index contributed by atoms with van der Waals surface area (Å²) in [6.07, 6.45) is 1.53. The molecule has 0 aromatic heterocycles. The molecule has 3 rings (SSSR count). The van der Waals surface area contributed by atoms with Crippen molar-refractivity contribution in [3.63, 3.8) is 0 Å². The van der Waals surface area contributed by atoms with Gasteiger partial charge in [0.2, 0.25) is 0 Å². The second-order valence-corrected chi connectivity index (χ2v) is 5.26. The number of imide groups is 1. The van der Waals surface area contributed by atoms with E-state index in [1.54, 1.807) is 31.4 Å². The number of benzene rings is 2. The Labute approximate surface area is 129 Å². The van der Waals surface area contributed by atoms with Crippen molar-refractivity contribution in [2.75, 3.05) is 13.7 Å². The molecule has 22 heavy (non-hydrogen) atoms. The molecule has 0 bridgehead atoms. The fourth-order valence-corrected chi connectivity index (χ4v) is 2.71. The van der Waals surface area contributed by atoms with Gasteiger partial charge in [0.1, 0.15) is 5.75 Å². The van der Waals surface area contributed by atoms with Crippen LogP contribution in [-0.4, -0.2) is 30.4 Å². The minimum atomic E-state index is -0.189. The van der Waals surface area contributed by atoms with Gasteiger partial charge in [0.25, 0.3) is 11.8 Å². The lowest BCUT2D eigenvalue weighted by Gasteiger charge is -2.13. The maximum Gasteiger partial charge on any atom is 0.261 e. The zero-order valence-corrected chi connectivity index (χ0v) is 12.4. The molecular formula is C18H17NO3. The number of fused-ring (bicyclic) bond motifs is 1. The van der Waals surface area contributed by atoms with Crippen LogP contribution in [0.2, 0.25) is 0 Å². The van der Waals surface area contributed by atoms with Crippen LogP contribution in [0, 0.1) is 0 Å². The predicted octanol–water partition coefficient (Wildman–Crippen LogP) is 2.92. The van der Waals surface area contributed by atoms with Gasteiger partial charge in [-0.05, 0) is 42.7 Å². The number of rotatable bonds is 5. The number of hydrogen-bond donors (Lipinski definition) is 0. The van der Waals surface area contributed by atoms with Gasteiger partial charge in [-0.1, -0.05) is 24.3 Å². The van der Waals surface area contributed by atoms with E-state index in [0.717, 1.165) is 24.2 Å². The zero-order valence-electron chi connectivity index (χ0n) is 12.4. The molecule has 4 heteroatoms. The number of methoxy groups -OCH3 is 1. The first kappa shape index (κ1) is 14.3. The maximum absolute atomic E-state index is 12.2. The van der Waals surface area contributed by atoms with Crippen LogP contribution in [0.15, 0.2) is 48.5 Å². The van der Waals surface area contributed by atoms with Crippen molar-refractivity contribution in [2.45, 2.75) is 12.8 Å². The molecule has 2 aromatic carbocycles. The van der Waals surface area contributed by atoms with Crippen LogP contribution in [0.1, 0.15) is 32.7 Å². The van der Waals surface area contributed by atoms with Gasteiger partial charge < -0.3 is 4.74 Å². The quantitative estimate of drug-likeness (QED) is 0.797. The van der Waals surface area contributed by atoms with Crippen molar-refractivity contribution in [1.82, 2.24) is 4.90 Å². The molecule has 1 aliphatic rings. The third-order valence-electron chi connectivity index (χ3n) is 3.86. The van der Waals surface area contributed by atoms with Crippen LogP contribution in [0.4, 0.5) is 0 Å². The van der Waals surface area contributed by atoms with Gasteiger partial charge in [-0.25, -0.2) is 0 Å². The lowest BCUT2D eigenvalue weighted by molar-refractivity contribution is 0.0652. The normalized spacial score (nSPS) is 13.4. The summed E-state index contributed by atoms with van der Waals surface area (Å²) >= 11 is 0. The van der Waals surface area contributed by atoms with E-state index in [1.807, 2.05) is 24.3 Å². The fourth-order valence-electron chi connectivity index (χ4n) is 2.71. The summed E-state index contributed by atoms with van der Waals surface area (Å²) in [7, 11) is 1.64. The smallest absolute Gasteiger partial charge is 0.261 e. The lowest BCUT2D eigenvalue weighted by atomic mass is 10.1. The molecule has 2 amide bonds. The highest BCUT2D eigenvalue weighted by Gasteiger charge is 2.34. The van der Waals surface area contributed by atoms with E-state index in [1.165, 1.54) is 4.90 Å². The predicted molar refractivity (Wildman–Crippen MR) is 83.1 cm³/mol. The molecule has 0 aliphatic carbocycles. The SMILES string of the molecule is COc1cccc(CCCN2C(=O)c3ccccc3C2=O)c1. The Morgan fingerprint density at radius 1 is 0.955 bits per heavy atom. The summed E-state index contributed by atoms with van der Waals surface area (Å²) in [4.78, 5) is 25.8. The van der Waals surface area contributed by atoms with Gasteiger partial charge in [-0.2, -0.15) is 0 Å². The van der Waals surface area contributed by atoms with E-state index in [0.29, 0.717) is 17.7 Å². The number of aryl methyl sites for hydroxylation is 1. The van der Waals surface area contributed by atoms with E-state index in [2.05, 4.69) is 0 Å². The Kier molecular flexibility index (Phi) is 3.92. The highest BCUT2D eigenvalue weighted by atomic mass is 16.5. The Morgan fingerprint density at radius 2 is 1.64 bits per heavy atom. The minimum absolute atomic E-state index is 0.189. The van der Waals surface area contributed by atoms with E-state index in [4.69, 9.17) is 4.74 Å². The van der Waals surface area contributed by atoms with Crippen molar-refractivity contribution < 1.29 is 14.3 Å². The second kappa shape index (κ2) is 6.02. The van der Waals surface area contributed by atoms with Gasteiger partial charge in [0, 0.05) is 6.54 Å². The number of carbonyl (C=O) groups is 2. The van der Waals surface area contributed by atoms with Crippen LogP contribution in [0.5, 0.6) is 5.75 Å². The molecule has 0 N–H and O–H groups in total. The average Bonchev–Trinajstić information content (AvgIpc) is 2.80. The Bertz CT molecular complexity index is 689. The van der Waals surface area contributed by atoms with E-state index >= 15 is 0 Å². The Morgan fingerprint density at radius 3 is 2.27 bits per heavy atom. The molecule has 0 fully saturated rings. The Balaban J connectivity index is 1.63. The lowest BCUT2D eigenvalue weighted by Crippen LogP contribution is -2.30. The highest BCUT2D eigenvalue weighted by molar-refractivity contribution is 6.21. The summed E-state index contributed by atoms with van der Waals surface area (Å²) < 4.78 is 5.19. The second-order valence-electron chi connectivity index (χ2n) is 5.26. The summed E-state index contributed by atoms with van der Waals surface area (Å²) in [5.74, 6) is 0.440. The summed E-state index contributed by atoms with van der Waals surface area (Å²) in [6.45, 7) is 0.434. The van der Waals surface area contributed by atoms with Crippen LogP contribution in [-0.2, 0) is 6.42 Å².